The van der Waals surface area contributed by atoms with E-state index in [9.17, 15) is 4.79 Å². The van der Waals surface area contributed by atoms with Crippen LogP contribution in [-0.2, 0) is 9.53 Å². The smallest absolute Gasteiger partial charge is 0.216 e. The van der Waals surface area contributed by atoms with Gasteiger partial charge in [-0.05, 0) is 12.8 Å². The summed E-state index contributed by atoms with van der Waals surface area (Å²) in [6, 6.07) is 0. The van der Waals surface area contributed by atoms with Crippen LogP contribution in [0.5, 0.6) is 0 Å². The first-order chi connectivity index (χ1) is 8.68. The number of amides is 1. The van der Waals surface area contributed by atoms with E-state index in [1.54, 1.807) is 0 Å². The van der Waals surface area contributed by atoms with Crippen molar-refractivity contribution in [3.63, 3.8) is 0 Å². The molecule has 0 radical (unpaired) electrons. The second kappa shape index (κ2) is 14.4. The lowest BCUT2D eigenvalue weighted by atomic mass is 10.1. The molecule has 0 bridgehead atoms. The zero-order valence-corrected chi connectivity index (χ0v) is 12.7. The number of rotatable bonds is 4. The summed E-state index contributed by atoms with van der Waals surface area (Å²) in [7, 11) is 0. The van der Waals surface area contributed by atoms with E-state index in [2.05, 4.69) is 5.32 Å². The highest BCUT2D eigenvalue weighted by Crippen LogP contribution is 2.10. The average molecular weight is 261 g/mol. The van der Waals surface area contributed by atoms with Crippen LogP contribution in [0.1, 0.15) is 47.5 Å². The lowest BCUT2D eigenvalue weighted by Crippen LogP contribution is -2.41. The maximum absolute atomic E-state index is 10.5. The molecule has 0 aromatic heterocycles. The molecule has 1 aliphatic heterocycles. The van der Waals surface area contributed by atoms with Crippen LogP contribution in [0.4, 0.5) is 0 Å². The fraction of sp³-hybridized carbons (Fsp3) is 0.923. The highest BCUT2D eigenvalue weighted by Gasteiger charge is 2.16. The number of ether oxygens (including phenoxy) is 1. The Morgan fingerprint density at radius 2 is 1.78 bits per heavy atom. The Balaban J connectivity index is 0. The van der Waals surface area contributed by atoms with Crippen molar-refractivity contribution in [3.8, 4) is 0 Å². The first-order valence-electron chi connectivity index (χ1n) is 7.04. The number of hydrogen-bond acceptors (Lipinski definition) is 4. The standard InChI is InChI=1S/C9H19N3O2.2C2H6/c1-8(13)11-4-7-14-9-2-5-12(10)6-3-9;2*1-2/h9H,2-7,10H2,1H3,(H,11,13);2*1-2H3. The highest BCUT2D eigenvalue weighted by atomic mass is 16.5. The molecule has 1 heterocycles. The molecule has 1 amide bonds. The van der Waals surface area contributed by atoms with Crippen LogP contribution in [0, 0.1) is 0 Å². The van der Waals surface area contributed by atoms with Gasteiger partial charge in [-0.3, -0.25) is 10.6 Å². The fourth-order valence-corrected chi connectivity index (χ4v) is 1.50. The van der Waals surface area contributed by atoms with E-state index in [1.807, 2.05) is 32.7 Å². The molecule has 0 aliphatic carbocycles. The van der Waals surface area contributed by atoms with Crippen LogP contribution in [0.15, 0.2) is 0 Å². The molecule has 1 saturated heterocycles. The fourth-order valence-electron chi connectivity index (χ4n) is 1.50. The molecule has 3 N–H and O–H groups in total. The van der Waals surface area contributed by atoms with E-state index in [4.69, 9.17) is 10.6 Å². The predicted molar refractivity (Wildman–Crippen MR) is 76.1 cm³/mol. The van der Waals surface area contributed by atoms with Crippen LogP contribution in [0.2, 0.25) is 0 Å². The highest BCUT2D eigenvalue weighted by molar-refractivity contribution is 5.72. The first-order valence-corrected chi connectivity index (χ1v) is 7.04. The van der Waals surface area contributed by atoms with Gasteiger partial charge in [-0.2, -0.15) is 0 Å². The van der Waals surface area contributed by atoms with E-state index in [1.165, 1.54) is 6.92 Å². The normalized spacial score (nSPS) is 15.9. The van der Waals surface area contributed by atoms with Crippen molar-refractivity contribution in [2.24, 2.45) is 5.84 Å². The van der Waals surface area contributed by atoms with Crippen molar-refractivity contribution in [2.45, 2.75) is 53.6 Å². The topological polar surface area (TPSA) is 67.6 Å². The molecule has 110 valence electrons. The van der Waals surface area contributed by atoms with Gasteiger partial charge in [0.15, 0.2) is 0 Å². The third-order valence-electron chi connectivity index (χ3n) is 2.31. The van der Waals surface area contributed by atoms with Gasteiger partial charge in [0.2, 0.25) is 5.91 Å². The molecule has 0 atom stereocenters. The van der Waals surface area contributed by atoms with Crippen LogP contribution in [0.25, 0.3) is 0 Å². The van der Waals surface area contributed by atoms with Gasteiger partial charge in [0.1, 0.15) is 0 Å². The van der Waals surface area contributed by atoms with E-state index in [0.29, 0.717) is 19.3 Å². The number of hydrazine groups is 1. The minimum atomic E-state index is -0.00891. The van der Waals surface area contributed by atoms with Gasteiger partial charge in [-0.15, -0.1) is 0 Å². The third-order valence-corrected chi connectivity index (χ3v) is 2.31. The Hall–Kier alpha value is -0.650. The zero-order chi connectivity index (χ0) is 14.4. The van der Waals surface area contributed by atoms with Crippen LogP contribution in [0.3, 0.4) is 0 Å². The SMILES string of the molecule is CC.CC.CC(=O)NCCOC1CCN(N)CC1. The molecular formula is C13H31N3O2. The van der Waals surface area contributed by atoms with Crippen LogP contribution in [-0.4, -0.2) is 43.3 Å². The number of nitrogens with zero attached hydrogens (tertiary/aromatic N) is 1. The number of nitrogens with two attached hydrogens (primary N) is 1. The summed E-state index contributed by atoms with van der Waals surface area (Å²) in [6.45, 7) is 12.5. The summed E-state index contributed by atoms with van der Waals surface area (Å²) >= 11 is 0. The predicted octanol–water partition coefficient (Wildman–Crippen LogP) is 1.53. The molecule has 1 aliphatic rings. The second-order valence-corrected chi connectivity index (χ2v) is 3.59. The number of piperidine rings is 1. The lowest BCUT2D eigenvalue weighted by Gasteiger charge is -2.28. The molecule has 0 aromatic carbocycles. The molecule has 5 nitrogen and oxygen atoms in total. The van der Waals surface area contributed by atoms with Crippen molar-refractivity contribution in [1.82, 2.24) is 10.3 Å². The maximum Gasteiger partial charge on any atom is 0.216 e. The van der Waals surface area contributed by atoms with Gasteiger partial charge in [-0.1, -0.05) is 27.7 Å². The second-order valence-electron chi connectivity index (χ2n) is 3.59. The van der Waals surface area contributed by atoms with E-state index >= 15 is 0 Å². The maximum atomic E-state index is 10.5. The summed E-state index contributed by atoms with van der Waals surface area (Å²) in [5.41, 5.74) is 0. The Morgan fingerprint density at radius 3 is 2.22 bits per heavy atom. The van der Waals surface area contributed by atoms with E-state index in [0.717, 1.165) is 25.9 Å². The van der Waals surface area contributed by atoms with Crippen molar-refractivity contribution in [2.75, 3.05) is 26.2 Å². The minimum Gasteiger partial charge on any atom is -0.376 e. The number of carbonyl (C=O) groups is 1. The van der Waals surface area contributed by atoms with Gasteiger partial charge in [0, 0.05) is 26.6 Å². The zero-order valence-electron chi connectivity index (χ0n) is 12.7. The van der Waals surface area contributed by atoms with Gasteiger partial charge in [-0.25, -0.2) is 5.01 Å². The van der Waals surface area contributed by atoms with E-state index in [-0.39, 0.29) is 5.91 Å². The summed E-state index contributed by atoms with van der Waals surface area (Å²) in [4.78, 5) is 10.5. The van der Waals surface area contributed by atoms with Crippen molar-refractivity contribution in [1.29, 1.82) is 0 Å². The van der Waals surface area contributed by atoms with Gasteiger partial charge in [0.25, 0.3) is 0 Å². The Labute approximate surface area is 112 Å². The first kappa shape index (κ1) is 19.7. The van der Waals surface area contributed by atoms with Gasteiger partial charge in [0.05, 0.1) is 12.7 Å². The lowest BCUT2D eigenvalue weighted by molar-refractivity contribution is -0.119. The average Bonchev–Trinajstić information content (AvgIpc) is 2.41. The monoisotopic (exact) mass is 261 g/mol. The molecule has 0 unspecified atom stereocenters. The Kier molecular flexibility index (Phi) is 15.8. The molecule has 0 saturated carbocycles. The van der Waals surface area contributed by atoms with Crippen molar-refractivity contribution in [3.05, 3.63) is 0 Å². The van der Waals surface area contributed by atoms with E-state index < -0.39 is 0 Å². The summed E-state index contributed by atoms with van der Waals surface area (Å²) < 4.78 is 5.58. The quantitative estimate of drug-likeness (QED) is 0.595. The molecule has 1 fully saturated rings. The minimum absolute atomic E-state index is 0.00891. The molecule has 18 heavy (non-hydrogen) atoms. The molecule has 0 spiro atoms. The number of hydrogen-bond donors (Lipinski definition) is 2. The molecule has 5 heteroatoms. The summed E-state index contributed by atoms with van der Waals surface area (Å²) in [5, 5.41) is 4.51. The third kappa shape index (κ3) is 11.8. The number of nitrogens with one attached hydrogen (secondary N) is 1. The number of carbonyl (C=O) groups excluding carboxylic acids is 1. The van der Waals surface area contributed by atoms with Gasteiger partial charge >= 0.3 is 0 Å². The molecule has 0 aromatic rings. The van der Waals surface area contributed by atoms with Crippen molar-refractivity contribution >= 4 is 5.91 Å². The molecule has 1 rings (SSSR count). The molecular weight excluding hydrogens is 230 g/mol. The summed E-state index contributed by atoms with van der Waals surface area (Å²) in [6.07, 6.45) is 2.27. The van der Waals surface area contributed by atoms with Crippen molar-refractivity contribution < 1.29 is 9.53 Å². The van der Waals surface area contributed by atoms with Gasteiger partial charge < -0.3 is 10.1 Å². The Bertz CT molecular complexity index is 181. The Morgan fingerprint density at radius 1 is 1.28 bits per heavy atom. The van der Waals surface area contributed by atoms with Crippen LogP contribution < -0.4 is 11.2 Å². The van der Waals surface area contributed by atoms with Crippen LogP contribution >= 0.6 is 0 Å². The largest absolute Gasteiger partial charge is 0.376 e. The summed E-state index contributed by atoms with van der Waals surface area (Å²) in [5.74, 6) is 5.60.